The second-order valence-electron chi connectivity index (χ2n) is 2.97. The summed E-state index contributed by atoms with van der Waals surface area (Å²) in [7, 11) is 0. The molecule has 72 valence electrons. The quantitative estimate of drug-likeness (QED) is 0.809. The minimum absolute atomic E-state index is 0.291. The van der Waals surface area contributed by atoms with Crippen LogP contribution in [0, 0.1) is 12.7 Å². The van der Waals surface area contributed by atoms with Crippen LogP contribution in [-0.2, 0) is 0 Å². The summed E-state index contributed by atoms with van der Waals surface area (Å²) >= 11 is 1.55. The topological polar surface area (TPSA) is 20.2 Å². The molecular formula is C10H13FOS. The number of halogens is 1. The molecule has 0 aromatic heterocycles. The maximum absolute atomic E-state index is 12.8. The van der Waals surface area contributed by atoms with E-state index in [4.69, 9.17) is 0 Å². The van der Waals surface area contributed by atoms with E-state index in [2.05, 4.69) is 0 Å². The average molecular weight is 200 g/mol. The molecule has 1 atom stereocenters. The van der Waals surface area contributed by atoms with Gasteiger partial charge < -0.3 is 5.11 Å². The van der Waals surface area contributed by atoms with E-state index >= 15 is 0 Å². The minimum Gasteiger partial charge on any atom is -0.388 e. The molecule has 0 radical (unpaired) electrons. The molecule has 1 unspecified atom stereocenters. The highest BCUT2D eigenvalue weighted by atomic mass is 32.2. The monoisotopic (exact) mass is 200 g/mol. The van der Waals surface area contributed by atoms with Crippen LogP contribution in [-0.4, -0.2) is 17.1 Å². The van der Waals surface area contributed by atoms with Crippen LogP contribution in [0.5, 0.6) is 0 Å². The Morgan fingerprint density at radius 3 is 2.85 bits per heavy atom. The van der Waals surface area contributed by atoms with Gasteiger partial charge in [0.15, 0.2) is 0 Å². The molecule has 0 aliphatic rings. The van der Waals surface area contributed by atoms with Crippen molar-refractivity contribution in [1.29, 1.82) is 0 Å². The Hall–Kier alpha value is -0.540. The van der Waals surface area contributed by atoms with Crippen molar-refractivity contribution in [3.63, 3.8) is 0 Å². The Balaban J connectivity index is 2.91. The number of rotatable bonds is 3. The summed E-state index contributed by atoms with van der Waals surface area (Å²) < 4.78 is 12.8. The second kappa shape index (κ2) is 4.63. The van der Waals surface area contributed by atoms with Crippen LogP contribution in [0.15, 0.2) is 18.2 Å². The van der Waals surface area contributed by atoms with Crippen molar-refractivity contribution in [2.24, 2.45) is 0 Å². The van der Waals surface area contributed by atoms with Crippen LogP contribution < -0.4 is 0 Å². The summed E-state index contributed by atoms with van der Waals surface area (Å²) in [6.45, 7) is 1.87. The van der Waals surface area contributed by atoms with Gasteiger partial charge in [-0.25, -0.2) is 4.39 Å². The van der Waals surface area contributed by atoms with Crippen molar-refractivity contribution < 1.29 is 9.50 Å². The van der Waals surface area contributed by atoms with Crippen molar-refractivity contribution in [3.8, 4) is 0 Å². The number of aryl methyl sites for hydroxylation is 1. The lowest BCUT2D eigenvalue weighted by Gasteiger charge is -2.12. The van der Waals surface area contributed by atoms with Crippen LogP contribution in [0.1, 0.15) is 17.2 Å². The van der Waals surface area contributed by atoms with E-state index in [9.17, 15) is 9.50 Å². The zero-order valence-electron chi connectivity index (χ0n) is 7.75. The van der Waals surface area contributed by atoms with Gasteiger partial charge in [-0.2, -0.15) is 11.8 Å². The third-order valence-electron chi connectivity index (χ3n) is 1.92. The van der Waals surface area contributed by atoms with Gasteiger partial charge in [-0.3, -0.25) is 0 Å². The zero-order chi connectivity index (χ0) is 9.84. The highest BCUT2D eigenvalue weighted by Gasteiger charge is 2.10. The van der Waals surface area contributed by atoms with E-state index < -0.39 is 6.10 Å². The first-order chi connectivity index (χ1) is 6.15. The van der Waals surface area contributed by atoms with Crippen molar-refractivity contribution in [2.45, 2.75) is 13.0 Å². The predicted molar refractivity (Wildman–Crippen MR) is 54.5 cm³/mol. The van der Waals surface area contributed by atoms with Crippen molar-refractivity contribution in [3.05, 3.63) is 35.1 Å². The van der Waals surface area contributed by atoms with Crippen LogP contribution in [0.3, 0.4) is 0 Å². The maximum atomic E-state index is 12.8. The van der Waals surface area contributed by atoms with Crippen LogP contribution in [0.25, 0.3) is 0 Å². The number of benzene rings is 1. The van der Waals surface area contributed by atoms with E-state index in [0.29, 0.717) is 11.3 Å². The molecule has 0 aliphatic heterocycles. The largest absolute Gasteiger partial charge is 0.388 e. The van der Waals surface area contributed by atoms with Gasteiger partial charge in [-0.05, 0) is 36.4 Å². The standard InChI is InChI=1S/C10H13FOS/c1-7-3-4-8(11)5-9(7)10(12)6-13-2/h3-5,10,12H,6H2,1-2H3. The van der Waals surface area contributed by atoms with Gasteiger partial charge in [0, 0.05) is 5.75 Å². The van der Waals surface area contributed by atoms with E-state index in [1.54, 1.807) is 17.8 Å². The molecule has 0 spiro atoms. The van der Waals surface area contributed by atoms with E-state index in [0.717, 1.165) is 5.56 Å². The summed E-state index contributed by atoms with van der Waals surface area (Å²) in [6.07, 6.45) is 1.35. The Bertz CT molecular complexity index is 288. The Kier molecular flexibility index (Phi) is 3.75. The van der Waals surface area contributed by atoms with E-state index in [1.807, 2.05) is 13.2 Å². The van der Waals surface area contributed by atoms with E-state index in [-0.39, 0.29) is 5.82 Å². The third-order valence-corrected chi connectivity index (χ3v) is 2.57. The molecular weight excluding hydrogens is 187 g/mol. The highest BCUT2D eigenvalue weighted by molar-refractivity contribution is 7.98. The molecule has 3 heteroatoms. The molecule has 0 fully saturated rings. The molecule has 1 rings (SSSR count). The minimum atomic E-state index is -0.564. The smallest absolute Gasteiger partial charge is 0.123 e. The van der Waals surface area contributed by atoms with Gasteiger partial charge in [-0.1, -0.05) is 6.07 Å². The number of hydrogen-bond donors (Lipinski definition) is 1. The highest BCUT2D eigenvalue weighted by Crippen LogP contribution is 2.21. The molecule has 0 saturated heterocycles. The molecule has 0 heterocycles. The number of aliphatic hydroxyl groups excluding tert-OH is 1. The lowest BCUT2D eigenvalue weighted by molar-refractivity contribution is 0.203. The fourth-order valence-corrected chi connectivity index (χ4v) is 1.71. The fraction of sp³-hybridized carbons (Fsp3) is 0.400. The fourth-order valence-electron chi connectivity index (χ4n) is 1.22. The predicted octanol–water partition coefficient (Wildman–Crippen LogP) is 2.53. The normalized spacial score (nSPS) is 12.9. The number of thioether (sulfide) groups is 1. The van der Waals surface area contributed by atoms with Gasteiger partial charge in [0.2, 0.25) is 0 Å². The summed E-state index contributed by atoms with van der Waals surface area (Å²) in [5, 5.41) is 9.64. The van der Waals surface area contributed by atoms with Crippen LogP contribution in [0.2, 0.25) is 0 Å². The van der Waals surface area contributed by atoms with Gasteiger partial charge >= 0.3 is 0 Å². The van der Waals surface area contributed by atoms with Gasteiger partial charge in [0.05, 0.1) is 6.10 Å². The average Bonchev–Trinajstić information content (AvgIpc) is 2.09. The van der Waals surface area contributed by atoms with Crippen LogP contribution >= 0.6 is 11.8 Å². The molecule has 13 heavy (non-hydrogen) atoms. The van der Waals surface area contributed by atoms with Gasteiger partial charge in [0.1, 0.15) is 5.82 Å². The summed E-state index contributed by atoms with van der Waals surface area (Å²) in [6, 6.07) is 4.50. The second-order valence-corrected chi connectivity index (χ2v) is 3.88. The summed E-state index contributed by atoms with van der Waals surface area (Å²) in [5.74, 6) is 0.311. The van der Waals surface area contributed by atoms with Gasteiger partial charge in [0.25, 0.3) is 0 Å². The third kappa shape index (κ3) is 2.71. The van der Waals surface area contributed by atoms with Gasteiger partial charge in [-0.15, -0.1) is 0 Å². The lowest BCUT2D eigenvalue weighted by Crippen LogP contribution is -2.03. The zero-order valence-corrected chi connectivity index (χ0v) is 8.57. The first-order valence-corrected chi connectivity index (χ1v) is 5.47. The molecule has 0 amide bonds. The molecule has 1 N–H and O–H groups in total. The summed E-state index contributed by atoms with van der Waals surface area (Å²) in [4.78, 5) is 0. The Morgan fingerprint density at radius 1 is 1.54 bits per heavy atom. The van der Waals surface area contributed by atoms with Crippen molar-refractivity contribution in [1.82, 2.24) is 0 Å². The molecule has 1 aromatic carbocycles. The Morgan fingerprint density at radius 2 is 2.23 bits per heavy atom. The first kappa shape index (κ1) is 10.5. The van der Waals surface area contributed by atoms with Crippen molar-refractivity contribution in [2.75, 3.05) is 12.0 Å². The first-order valence-electron chi connectivity index (χ1n) is 4.08. The van der Waals surface area contributed by atoms with Crippen LogP contribution in [0.4, 0.5) is 4.39 Å². The number of aliphatic hydroxyl groups is 1. The molecule has 1 nitrogen and oxygen atoms in total. The molecule has 0 aliphatic carbocycles. The molecule has 0 bridgehead atoms. The SMILES string of the molecule is CSCC(O)c1cc(F)ccc1C. The van der Waals surface area contributed by atoms with Crippen molar-refractivity contribution >= 4 is 11.8 Å². The summed E-state index contributed by atoms with van der Waals surface area (Å²) in [5.41, 5.74) is 1.62. The van der Waals surface area contributed by atoms with E-state index in [1.165, 1.54) is 12.1 Å². The molecule has 1 aromatic rings. The number of hydrogen-bond acceptors (Lipinski definition) is 2. The Labute approximate surface area is 82.0 Å². The maximum Gasteiger partial charge on any atom is 0.123 e. The molecule has 0 saturated carbocycles. The lowest BCUT2D eigenvalue weighted by atomic mass is 10.0.